The highest BCUT2D eigenvalue weighted by molar-refractivity contribution is 7.99. The number of Topliss-reactive ketones (excluding diaryl/α,β-unsaturated/α-hetero) is 1. The maximum absolute atomic E-state index is 13.0. The number of thiophene rings is 1. The van der Waals surface area contributed by atoms with Gasteiger partial charge in [-0.05, 0) is 56.0 Å². The van der Waals surface area contributed by atoms with Crippen molar-refractivity contribution in [3.05, 3.63) is 55.6 Å². The second kappa shape index (κ2) is 7.18. The third-order valence-corrected chi connectivity index (χ3v) is 7.02. The summed E-state index contributed by atoms with van der Waals surface area (Å²) in [7, 11) is 0. The molecule has 0 atom stereocenters. The van der Waals surface area contributed by atoms with Crippen molar-refractivity contribution in [2.24, 2.45) is 0 Å². The molecular formula is C19H17ClN2O2S2. The maximum Gasteiger partial charge on any atom is 0.263 e. The molecule has 0 fully saturated rings. The summed E-state index contributed by atoms with van der Waals surface area (Å²) in [5, 5.41) is 2.01. The SMILES string of the molecule is CCn1c(SCC(=O)c2ccc(Cl)cc2)nc2sc3c(c2c1=O)CCC3. The van der Waals surface area contributed by atoms with E-state index in [0.717, 1.165) is 29.5 Å². The lowest BCUT2D eigenvalue weighted by Gasteiger charge is -2.10. The van der Waals surface area contributed by atoms with E-state index in [1.807, 2.05) is 6.92 Å². The van der Waals surface area contributed by atoms with Crippen molar-refractivity contribution in [1.29, 1.82) is 0 Å². The van der Waals surface area contributed by atoms with Crippen LogP contribution in [0.5, 0.6) is 0 Å². The molecule has 0 amide bonds. The summed E-state index contributed by atoms with van der Waals surface area (Å²) >= 11 is 8.82. The molecule has 0 bridgehead atoms. The van der Waals surface area contributed by atoms with Crippen LogP contribution in [0.4, 0.5) is 0 Å². The summed E-state index contributed by atoms with van der Waals surface area (Å²) in [6.45, 7) is 2.48. The normalized spacial score (nSPS) is 13.3. The van der Waals surface area contributed by atoms with E-state index in [-0.39, 0.29) is 17.1 Å². The second-order valence-corrected chi connectivity index (χ2v) is 8.66. The van der Waals surface area contributed by atoms with E-state index in [0.29, 0.717) is 22.3 Å². The van der Waals surface area contributed by atoms with Crippen LogP contribution in [0.25, 0.3) is 10.2 Å². The molecule has 0 spiro atoms. The molecule has 1 aliphatic rings. The van der Waals surface area contributed by atoms with Gasteiger partial charge in [-0.2, -0.15) is 0 Å². The number of benzene rings is 1. The number of ketones is 1. The van der Waals surface area contributed by atoms with Crippen molar-refractivity contribution in [1.82, 2.24) is 9.55 Å². The van der Waals surface area contributed by atoms with Gasteiger partial charge in [0, 0.05) is 22.0 Å². The molecule has 4 rings (SSSR count). The predicted octanol–water partition coefficient (Wildman–Crippen LogP) is 4.60. The molecule has 2 aromatic heterocycles. The number of hydrogen-bond donors (Lipinski definition) is 0. The van der Waals surface area contributed by atoms with Gasteiger partial charge in [0.05, 0.1) is 11.1 Å². The van der Waals surface area contributed by atoms with Gasteiger partial charge in [-0.15, -0.1) is 11.3 Å². The van der Waals surface area contributed by atoms with Crippen LogP contribution in [0.15, 0.2) is 34.2 Å². The van der Waals surface area contributed by atoms with Crippen LogP contribution in [0.1, 0.15) is 34.1 Å². The molecular weight excluding hydrogens is 388 g/mol. The van der Waals surface area contributed by atoms with Crippen molar-refractivity contribution in [3.8, 4) is 0 Å². The first-order chi connectivity index (χ1) is 12.6. The lowest BCUT2D eigenvalue weighted by Crippen LogP contribution is -2.23. The maximum atomic E-state index is 13.0. The Kier molecular flexibility index (Phi) is 4.90. The number of thioether (sulfide) groups is 1. The van der Waals surface area contributed by atoms with Gasteiger partial charge in [0.25, 0.3) is 5.56 Å². The molecule has 7 heteroatoms. The Morgan fingerprint density at radius 2 is 2.08 bits per heavy atom. The Balaban J connectivity index is 1.65. The highest BCUT2D eigenvalue weighted by atomic mass is 35.5. The van der Waals surface area contributed by atoms with Crippen molar-refractivity contribution in [2.45, 2.75) is 37.9 Å². The molecule has 0 radical (unpaired) electrons. The van der Waals surface area contributed by atoms with Gasteiger partial charge in [0.1, 0.15) is 4.83 Å². The smallest absolute Gasteiger partial charge is 0.263 e. The van der Waals surface area contributed by atoms with Crippen LogP contribution in [-0.4, -0.2) is 21.1 Å². The highest BCUT2D eigenvalue weighted by Gasteiger charge is 2.23. The first-order valence-corrected chi connectivity index (χ1v) is 10.7. The van der Waals surface area contributed by atoms with Crippen molar-refractivity contribution in [2.75, 3.05) is 5.75 Å². The van der Waals surface area contributed by atoms with Crippen LogP contribution < -0.4 is 5.56 Å². The third-order valence-electron chi connectivity index (χ3n) is 4.60. The van der Waals surface area contributed by atoms with Gasteiger partial charge in [-0.1, -0.05) is 23.4 Å². The van der Waals surface area contributed by atoms with Crippen LogP contribution in [0.3, 0.4) is 0 Å². The van der Waals surface area contributed by atoms with Gasteiger partial charge >= 0.3 is 0 Å². The summed E-state index contributed by atoms with van der Waals surface area (Å²) in [5.41, 5.74) is 1.83. The molecule has 26 heavy (non-hydrogen) atoms. The standard InChI is InChI=1S/C19H17ClN2O2S2/c1-2-22-18(24)16-13-4-3-5-15(13)26-17(16)21-19(22)25-10-14(23)11-6-8-12(20)9-7-11/h6-9H,2-5,10H2,1H3. The number of rotatable bonds is 5. The fraction of sp³-hybridized carbons (Fsp3) is 0.316. The zero-order valence-corrected chi connectivity index (χ0v) is 16.6. The summed E-state index contributed by atoms with van der Waals surface area (Å²) < 4.78 is 1.69. The number of aromatic nitrogens is 2. The first-order valence-electron chi connectivity index (χ1n) is 8.55. The number of nitrogens with zero attached hydrogens (tertiary/aromatic N) is 2. The van der Waals surface area contributed by atoms with Gasteiger partial charge in [-0.3, -0.25) is 14.2 Å². The fourth-order valence-corrected chi connectivity index (χ4v) is 5.68. The summed E-state index contributed by atoms with van der Waals surface area (Å²) in [6, 6.07) is 6.86. The quantitative estimate of drug-likeness (QED) is 0.354. The van der Waals surface area contributed by atoms with E-state index in [1.54, 1.807) is 40.2 Å². The number of carbonyl (C=O) groups excluding carboxylic acids is 1. The topological polar surface area (TPSA) is 52.0 Å². The van der Waals surface area contributed by atoms with Crippen LogP contribution in [0, 0.1) is 0 Å². The molecule has 0 saturated carbocycles. The van der Waals surface area contributed by atoms with E-state index >= 15 is 0 Å². The predicted molar refractivity (Wildman–Crippen MR) is 108 cm³/mol. The Labute approximate surface area is 164 Å². The molecule has 1 aromatic carbocycles. The number of aryl methyl sites for hydroxylation is 2. The highest BCUT2D eigenvalue weighted by Crippen LogP contribution is 2.35. The van der Waals surface area contributed by atoms with Crippen molar-refractivity contribution in [3.63, 3.8) is 0 Å². The Hall–Kier alpha value is -1.63. The molecule has 3 aromatic rings. The molecule has 0 N–H and O–H groups in total. The van der Waals surface area contributed by atoms with E-state index in [1.165, 1.54) is 22.2 Å². The van der Waals surface area contributed by atoms with Gasteiger partial charge in [-0.25, -0.2) is 4.98 Å². The number of halogens is 1. The van der Waals surface area contributed by atoms with Gasteiger partial charge in [0.2, 0.25) is 0 Å². The van der Waals surface area contributed by atoms with Gasteiger partial charge in [0.15, 0.2) is 10.9 Å². The lowest BCUT2D eigenvalue weighted by molar-refractivity contribution is 0.102. The summed E-state index contributed by atoms with van der Waals surface area (Å²) in [5.74, 6) is 0.238. The van der Waals surface area contributed by atoms with E-state index in [2.05, 4.69) is 0 Å². The molecule has 134 valence electrons. The Morgan fingerprint density at radius 3 is 2.81 bits per heavy atom. The lowest BCUT2D eigenvalue weighted by atomic mass is 10.1. The Bertz CT molecular complexity index is 1050. The minimum Gasteiger partial charge on any atom is -0.293 e. The second-order valence-electron chi connectivity index (χ2n) is 6.20. The molecule has 1 aliphatic carbocycles. The molecule has 0 unspecified atom stereocenters. The molecule has 0 aliphatic heterocycles. The van der Waals surface area contributed by atoms with E-state index in [9.17, 15) is 9.59 Å². The average Bonchev–Trinajstić information content (AvgIpc) is 3.21. The first kappa shape index (κ1) is 17.8. The molecule has 0 saturated heterocycles. The number of fused-ring (bicyclic) bond motifs is 3. The van der Waals surface area contributed by atoms with E-state index < -0.39 is 0 Å². The Morgan fingerprint density at radius 1 is 1.31 bits per heavy atom. The van der Waals surface area contributed by atoms with Crippen molar-refractivity contribution >= 4 is 50.7 Å². The zero-order chi connectivity index (χ0) is 18.3. The van der Waals surface area contributed by atoms with Gasteiger partial charge < -0.3 is 0 Å². The van der Waals surface area contributed by atoms with Crippen LogP contribution in [-0.2, 0) is 19.4 Å². The summed E-state index contributed by atoms with van der Waals surface area (Å²) in [4.78, 5) is 32.2. The average molecular weight is 405 g/mol. The number of hydrogen-bond acceptors (Lipinski definition) is 5. The minimum atomic E-state index is -0.00246. The summed E-state index contributed by atoms with van der Waals surface area (Å²) in [6.07, 6.45) is 3.13. The largest absolute Gasteiger partial charge is 0.293 e. The van der Waals surface area contributed by atoms with Crippen LogP contribution in [0.2, 0.25) is 5.02 Å². The number of carbonyl (C=O) groups is 1. The molecule has 2 heterocycles. The monoisotopic (exact) mass is 404 g/mol. The van der Waals surface area contributed by atoms with Crippen molar-refractivity contribution < 1.29 is 4.79 Å². The van der Waals surface area contributed by atoms with E-state index in [4.69, 9.17) is 16.6 Å². The third kappa shape index (κ3) is 3.10. The zero-order valence-electron chi connectivity index (χ0n) is 14.3. The minimum absolute atomic E-state index is 0.00246. The fourth-order valence-electron chi connectivity index (χ4n) is 3.30. The van der Waals surface area contributed by atoms with Crippen LogP contribution >= 0.6 is 34.7 Å². The molecule has 4 nitrogen and oxygen atoms in total.